The van der Waals surface area contributed by atoms with Crippen LogP contribution in [0.1, 0.15) is 34.9 Å². The number of ether oxygens (including phenoxy) is 1. The summed E-state index contributed by atoms with van der Waals surface area (Å²) in [7, 11) is 1.80. The molecule has 0 bridgehead atoms. The second-order valence-corrected chi connectivity index (χ2v) is 10.9. The van der Waals surface area contributed by atoms with Gasteiger partial charge in [-0.15, -0.1) is 11.3 Å². The molecule has 2 aliphatic rings. The van der Waals surface area contributed by atoms with E-state index in [4.69, 9.17) is 4.74 Å². The van der Waals surface area contributed by atoms with Crippen LogP contribution in [-0.4, -0.2) is 49.1 Å². The van der Waals surface area contributed by atoms with Crippen molar-refractivity contribution in [3.63, 3.8) is 0 Å². The first-order valence-corrected chi connectivity index (χ1v) is 13.5. The second-order valence-electron chi connectivity index (χ2n) is 8.90. The van der Waals surface area contributed by atoms with E-state index in [1.165, 1.54) is 26.1 Å². The molecular weight excluding hydrogens is 436 g/mol. The number of piperidine rings is 1. The number of hydrogen-bond donors (Lipinski definition) is 1. The lowest BCUT2D eigenvalue weighted by Gasteiger charge is -2.44. The summed E-state index contributed by atoms with van der Waals surface area (Å²) in [5.41, 5.74) is 2.55. The largest absolute Gasteiger partial charge is 0.378 e. The number of carbonyl (C=O) groups excluding carboxylic acids is 1. The zero-order valence-corrected chi connectivity index (χ0v) is 20.3. The Morgan fingerprint density at radius 3 is 2.69 bits per heavy atom. The first-order valence-electron chi connectivity index (χ1n) is 11.2. The Morgan fingerprint density at radius 1 is 1.19 bits per heavy atom. The van der Waals surface area contributed by atoms with Gasteiger partial charge in [-0.05, 0) is 60.8 Å². The molecule has 1 saturated heterocycles. The van der Waals surface area contributed by atoms with Gasteiger partial charge in [-0.2, -0.15) is 11.8 Å². The van der Waals surface area contributed by atoms with Crippen LogP contribution in [-0.2, 0) is 21.5 Å². The standard InChI is InChI=1S/C26H30N2O2S2/c1-30-25-24(27-23(29)17-31-2)20-8-4-5-9-21(20)26(25)11-13-28(14-12-26)16-19-15-18-7-3-6-10-22(18)32-19/h3-10,15,24-25H,11-14,16-17H2,1-2H3,(H,27,29)/t24-,25+/m1/s1. The minimum atomic E-state index is -0.0787. The minimum absolute atomic E-state index is 0.0304. The summed E-state index contributed by atoms with van der Waals surface area (Å²) in [4.78, 5) is 16.5. The van der Waals surface area contributed by atoms with Crippen LogP contribution in [0.15, 0.2) is 54.6 Å². The van der Waals surface area contributed by atoms with Gasteiger partial charge in [-0.3, -0.25) is 9.69 Å². The number of thioether (sulfide) groups is 1. The molecule has 1 aromatic heterocycles. The van der Waals surface area contributed by atoms with E-state index < -0.39 is 0 Å². The predicted molar refractivity (Wildman–Crippen MR) is 135 cm³/mol. The molecule has 32 heavy (non-hydrogen) atoms. The number of rotatable bonds is 6. The number of nitrogens with zero attached hydrogens (tertiary/aromatic N) is 1. The fraction of sp³-hybridized carbons (Fsp3) is 0.423. The Balaban J connectivity index is 1.35. The van der Waals surface area contributed by atoms with Gasteiger partial charge < -0.3 is 10.1 Å². The van der Waals surface area contributed by atoms with Gasteiger partial charge in [-0.25, -0.2) is 0 Å². The normalized spacial score (nSPS) is 22.3. The molecule has 0 radical (unpaired) electrons. The van der Waals surface area contributed by atoms with Gasteiger partial charge in [0.25, 0.3) is 0 Å². The molecule has 0 saturated carbocycles. The molecule has 168 valence electrons. The quantitative estimate of drug-likeness (QED) is 0.556. The molecule has 5 rings (SSSR count). The Morgan fingerprint density at radius 2 is 1.94 bits per heavy atom. The van der Waals surface area contributed by atoms with Crippen molar-refractivity contribution < 1.29 is 9.53 Å². The van der Waals surface area contributed by atoms with Crippen LogP contribution in [0.3, 0.4) is 0 Å². The third-order valence-corrected chi connectivity index (χ3v) is 8.78. The number of fused-ring (bicyclic) bond motifs is 3. The fourth-order valence-corrected chi connectivity index (χ4v) is 7.17. The van der Waals surface area contributed by atoms with Crippen LogP contribution < -0.4 is 5.32 Å². The molecular formula is C26H30N2O2S2. The number of thiophene rings is 1. The van der Waals surface area contributed by atoms with Crippen molar-refractivity contribution in [2.24, 2.45) is 0 Å². The van der Waals surface area contributed by atoms with Crippen LogP contribution in [0.2, 0.25) is 0 Å². The number of likely N-dealkylation sites (tertiary alicyclic amines) is 1. The summed E-state index contributed by atoms with van der Waals surface area (Å²) in [5.74, 6) is 0.559. The van der Waals surface area contributed by atoms with Gasteiger partial charge in [0, 0.05) is 28.6 Å². The Bertz CT molecular complexity index is 1070. The van der Waals surface area contributed by atoms with E-state index in [1.807, 2.05) is 17.6 Å². The monoisotopic (exact) mass is 466 g/mol. The van der Waals surface area contributed by atoms with Gasteiger partial charge in [-0.1, -0.05) is 42.5 Å². The van der Waals surface area contributed by atoms with Gasteiger partial charge in [0.2, 0.25) is 5.91 Å². The van der Waals surface area contributed by atoms with Crippen LogP contribution in [0, 0.1) is 0 Å². The van der Waals surface area contributed by atoms with E-state index in [0.717, 1.165) is 32.5 Å². The second kappa shape index (κ2) is 9.18. The van der Waals surface area contributed by atoms with E-state index in [2.05, 4.69) is 64.8 Å². The van der Waals surface area contributed by atoms with E-state index >= 15 is 0 Å². The van der Waals surface area contributed by atoms with Crippen LogP contribution in [0.4, 0.5) is 0 Å². The molecule has 1 spiro atoms. The van der Waals surface area contributed by atoms with Gasteiger partial charge in [0.15, 0.2) is 0 Å². The van der Waals surface area contributed by atoms with E-state index in [9.17, 15) is 4.79 Å². The number of nitrogens with one attached hydrogen (secondary N) is 1. The highest BCUT2D eigenvalue weighted by Crippen LogP contribution is 2.52. The van der Waals surface area contributed by atoms with Crippen molar-refractivity contribution in [1.82, 2.24) is 10.2 Å². The Labute approximate surface area is 198 Å². The van der Waals surface area contributed by atoms with Crippen LogP contribution in [0.25, 0.3) is 10.1 Å². The maximum atomic E-state index is 12.5. The molecule has 3 aromatic rings. The third kappa shape index (κ3) is 3.87. The average molecular weight is 467 g/mol. The van der Waals surface area contributed by atoms with E-state index in [0.29, 0.717) is 5.75 Å². The summed E-state index contributed by atoms with van der Waals surface area (Å²) in [6.45, 7) is 3.07. The van der Waals surface area contributed by atoms with Crippen LogP contribution in [0.5, 0.6) is 0 Å². The fourth-order valence-electron chi connectivity index (χ4n) is 5.72. The first-order chi connectivity index (χ1) is 15.6. The maximum absolute atomic E-state index is 12.5. The van der Waals surface area contributed by atoms with Gasteiger partial charge >= 0.3 is 0 Å². The molecule has 1 aliphatic heterocycles. The van der Waals surface area contributed by atoms with Crippen molar-refractivity contribution in [2.45, 2.75) is 36.9 Å². The number of methoxy groups -OCH3 is 1. The number of benzene rings is 2. The lowest BCUT2D eigenvalue weighted by atomic mass is 9.72. The van der Waals surface area contributed by atoms with Crippen molar-refractivity contribution in [3.05, 3.63) is 70.6 Å². The summed E-state index contributed by atoms with van der Waals surface area (Å²) in [6.07, 6.45) is 4.02. The Hall–Kier alpha value is -1.86. The lowest BCUT2D eigenvalue weighted by Crippen LogP contribution is -2.50. The maximum Gasteiger partial charge on any atom is 0.230 e. The zero-order chi connectivity index (χ0) is 22.1. The highest BCUT2D eigenvalue weighted by molar-refractivity contribution is 7.99. The van der Waals surface area contributed by atoms with E-state index in [1.54, 1.807) is 18.9 Å². The van der Waals surface area contributed by atoms with Crippen molar-refractivity contribution in [3.8, 4) is 0 Å². The lowest BCUT2D eigenvalue weighted by molar-refractivity contribution is -0.121. The van der Waals surface area contributed by atoms with Crippen LogP contribution >= 0.6 is 23.1 Å². The summed E-state index contributed by atoms with van der Waals surface area (Å²) in [6, 6.07) is 19.5. The molecule has 6 heteroatoms. The predicted octanol–water partition coefficient (Wildman–Crippen LogP) is 4.98. The highest BCUT2D eigenvalue weighted by atomic mass is 32.2. The van der Waals surface area contributed by atoms with Gasteiger partial charge in [0.1, 0.15) is 0 Å². The number of amides is 1. The molecule has 4 nitrogen and oxygen atoms in total. The summed E-state index contributed by atoms with van der Waals surface area (Å²) < 4.78 is 7.50. The molecule has 0 unspecified atom stereocenters. The smallest absolute Gasteiger partial charge is 0.230 e. The van der Waals surface area contributed by atoms with Crippen molar-refractivity contribution in [2.75, 3.05) is 32.2 Å². The summed E-state index contributed by atoms with van der Waals surface area (Å²) in [5, 5.41) is 4.62. The number of hydrogen-bond acceptors (Lipinski definition) is 5. The topological polar surface area (TPSA) is 41.6 Å². The Kier molecular flexibility index (Phi) is 6.30. The van der Waals surface area contributed by atoms with Gasteiger partial charge in [0.05, 0.1) is 17.9 Å². The number of carbonyl (C=O) groups is 1. The third-order valence-electron chi connectivity index (χ3n) is 7.13. The molecule has 1 amide bonds. The summed E-state index contributed by atoms with van der Waals surface area (Å²) >= 11 is 3.46. The van der Waals surface area contributed by atoms with Crippen molar-refractivity contribution in [1.29, 1.82) is 0 Å². The molecule has 1 fully saturated rings. The SMILES string of the molecule is CO[C@H]1[C@H](NC(=O)CSC)c2ccccc2C12CCN(Cc1cc3ccccc3s1)CC2. The molecule has 2 atom stereocenters. The minimum Gasteiger partial charge on any atom is -0.378 e. The molecule has 2 heterocycles. The highest BCUT2D eigenvalue weighted by Gasteiger charge is 2.53. The first kappa shape index (κ1) is 22.0. The van der Waals surface area contributed by atoms with Crippen molar-refractivity contribution >= 4 is 39.1 Å². The molecule has 2 aromatic carbocycles. The average Bonchev–Trinajstić information content (AvgIpc) is 3.32. The molecule has 1 N–H and O–H groups in total. The molecule has 1 aliphatic carbocycles. The zero-order valence-electron chi connectivity index (χ0n) is 18.7. The van der Waals surface area contributed by atoms with E-state index in [-0.39, 0.29) is 23.5 Å².